The maximum Gasteiger partial charge on any atom is 0.256 e. The van der Waals surface area contributed by atoms with Crippen LogP contribution < -0.4 is 0 Å². The van der Waals surface area contributed by atoms with E-state index >= 15 is 0 Å². The summed E-state index contributed by atoms with van der Waals surface area (Å²) in [5.74, 6) is -0.0306. The molecule has 1 aromatic carbocycles. The van der Waals surface area contributed by atoms with Crippen molar-refractivity contribution in [2.75, 3.05) is 13.2 Å². The summed E-state index contributed by atoms with van der Waals surface area (Å²) < 4.78 is 0. The highest BCUT2D eigenvalue weighted by Gasteiger charge is 2.39. The van der Waals surface area contributed by atoms with E-state index in [0.717, 1.165) is 29.3 Å². The Labute approximate surface area is 117 Å². The summed E-state index contributed by atoms with van der Waals surface area (Å²) in [6, 6.07) is 3.89. The van der Waals surface area contributed by atoms with Crippen LogP contribution in [0.15, 0.2) is 18.3 Å². The number of H-pyrrole nitrogens is 1. The van der Waals surface area contributed by atoms with Gasteiger partial charge in [-0.2, -0.15) is 5.10 Å². The Balaban J connectivity index is 2.07. The molecule has 0 radical (unpaired) electrons. The van der Waals surface area contributed by atoms with Crippen LogP contribution in [0.1, 0.15) is 35.7 Å². The predicted molar refractivity (Wildman–Crippen MR) is 76.6 cm³/mol. The SMILES string of the molecule is Cc1cc(C(=O)N2CCCC2(C)CO)c2[nH]ncc2c1. The van der Waals surface area contributed by atoms with Crippen LogP contribution >= 0.6 is 0 Å². The third-order valence-electron chi connectivity index (χ3n) is 4.26. The first-order chi connectivity index (χ1) is 9.55. The molecule has 1 atom stereocenters. The fourth-order valence-electron chi connectivity index (χ4n) is 3.06. The number of aromatic amines is 1. The molecule has 2 heterocycles. The van der Waals surface area contributed by atoms with Gasteiger partial charge in [-0.05, 0) is 44.4 Å². The molecule has 1 saturated heterocycles. The lowest BCUT2D eigenvalue weighted by Crippen LogP contribution is -2.47. The molecule has 2 aromatic rings. The molecule has 0 spiro atoms. The zero-order chi connectivity index (χ0) is 14.3. The van der Waals surface area contributed by atoms with Crippen molar-refractivity contribution in [2.45, 2.75) is 32.2 Å². The van der Waals surface area contributed by atoms with Crippen LogP contribution in [0.25, 0.3) is 10.9 Å². The molecule has 1 unspecified atom stereocenters. The standard InChI is InChI=1S/C15H19N3O2/c1-10-6-11-8-16-17-13(11)12(7-10)14(20)18-5-3-4-15(18,2)9-19/h6-8,19H,3-5,9H2,1-2H3,(H,16,17). The van der Waals surface area contributed by atoms with Gasteiger partial charge in [0.1, 0.15) is 0 Å². The molecule has 0 saturated carbocycles. The summed E-state index contributed by atoms with van der Waals surface area (Å²) in [4.78, 5) is 14.6. The Morgan fingerprint density at radius 2 is 2.35 bits per heavy atom. The second-order valence-corrected chi connectivity index (χ2v) is 5.86. The largest absolute Gasteiger partial charge is 0.394 e. The summed E-state index contributed by atoms with van der Waals surface area (Å²) in [6.07, 6.45) is 3.50. The van der Waals surface area contributed by atoms with Gasteiger partial charge < -0.3 is 10.0 Å². The maximum absolute atomic E-state index is 12.9. The lowest BCUT2D eigenvalue weighted by Gasteiger charge is -2.33. The monoisotopic (exact) mass is 273 g/mol. The Hall–Kier alpha value is -1.88. The van der Waals surface area contributed by atoms with Crippen LogP contribution in [0.3, 0.4) is 0 Å². The number of likely N-dealkylation sites (tertiary alicyclic amines) is 1. The maximum atomic E-state index is 12.9. The number of carbonyl (C=O) groups excluding carboxylic acids is 1. The number of fused-ring (bicyclic) bond motifs is 1. The Bertz CT molecular complexity index is 664. The number of aliphatic hydroxyl groups is 1. The van der Waals surface area contributed by atoms with E-state index in [2.05, 4.69) is 10.2 Å². The van der Waals surface area contributed by atoms with E-state index in [4.69, 9.17) is 0 Å². The van der Waals surface area contributed by atoms with E-state index in [0.29, 0.717) is 12.1 Å². The number of nitrogens with one attached hydrogen (secondary N) is 1. The first-order valence-electron chi connectivity index (χ1n) is 6.92. The van der Waals surface area contributed by atoms with Crippen molar-refractivity contribution in [2.24, 2.45) is 0 Å². The molecule has 20 heavy (non-hydrogen) atoms. The summed E-state index contributed by atoms with van der Waals surface area (Å²) in [6.45, 7) is 4.60. The minimum atomic E-state index is -0.451. The van der Waals surface area contributed by atoms with Crippen molar-refractivity contribution >= 4 is 16.8 Å². The van der Waals surface area contributed by atoms with Crippen LogP contribution in [-0.2, 0) is 0 Å². The van der Waals surface area contributed by atoms with E-state index in [-0.39, 0.29) is 12.5 Å². The van der Waals surface area contributed by atoms with Gasteiger partial charge in [0, 0.05) is 11.9 Å². The summed E-state index contributed by atoms with van der Waals surface area (Å²) >= 11 is 0. The van der Waals surface area contributed by atoms with Crippen molar-refractivity contribution in [3.8, 4) is 0 Å². The van der Waals surface area contributed by atoms with Gasteiger partial charge in [-0.25, -0.2) is 0 Å². The molecule has 1 fully saturated rings. The van der Waals surface area contributed by atoms with Gasteiger partial charge >= 0.3 is 0 Å². The number of nitrogens with zero attached hydrogens (tertiary/aromatic N) is 2. The normalized spacial score (nSPS) is 22.6. The van der Waals surface area contributed by atoms with Crippen molar-refractivity contribution in [3.63, 3.8) is 0 Å². The molecule has 1 aliphatic rings. The first-order valence-corrected chi connectivity index (χ1v) is 6.92. The van der Waals surface area contributed by atoms with E-state index in [9.17, 15) is 9.90 Å². The molecule has 0 aliphatic carbocycles. The van der Waals surface area contributed by atoms with E-state index in [1.807, 2.05) is 26.0 Å². The van der Waals surface area contributed by atoms with Gasteiger partial charge in [0.2, 0.25) is 0 Å². The highest BCUT2D eigenvalue weighted by molar-refractivity contribution is 6.06. The fourth-order valence-corrected chi connectivity index (χ4v) is 3.06. The van der Waals surface area contributed by atoms with Gasteiger partial charge in [0.25, 0.3) is 5.91 Å². The second kappa shape index (κ2) is 4.59. The molecule has 1 aliphatic heterocycles. The minimum absolute atomic E-state index is 0.00330. The lowest BCUT2D eigenvalue weighted by atomic mass is 9.99. The zero-order valence-electron chi connectivity index (χ0n) is 11.8. The average molecular weight is 273 g/mol. The predicted octanol–water partition coefficient (Wildman–Crippen LogP) is 1.86. The topological polar surface area (TPSA) is 69.2 Å². The first kappa shape index (κ1) is 13.1. The molecule has 106 valence electrons. The molecule has 5 heteroatoms. The molecule has 1 amide bonds. The van der Waals surface area contributed by atoms with Crippen molar-refractivity contribution in [1.82, 2.24) is 15.1 Å². The van der Waals surface area contributed by atoms with Crippen LogP contribution in [-0.4, -0.2) is 44.8 Å². The van der Waals surface area contributed by atoms with Gasteiger partial charge in [0.05, 0.1) is 29.4 Å². The van der Waals surface area contributed by atoms with Gasteiger partial charge in [-0.1, -0.05) is 0 Å². The number of aryl methyl sites for hydroxylation is 1. The van der Waals surface area contributed by atoms with E-state index < -0.39 is 5.54 Å². The third-order valence-corrected chi connectivity index (χ3v) is 4.26. The Morgan fingerprint density at radius 1 is 1.55 bits per heavy atom. The van der Waals surface area contributed by atoms with Crippen LogP contribution in [0.2, 0.25) is 0 Å². The smallest absolute Gasteiger partial charge is 0.256 e. The number of rotatable bonds is 2. The van der Waals surface area contributed by atoms with Crippen LogP contribution in [0, 0.1) is 6.92 Å². The molecular weight excluding hydrogens is 254 g/mol. The second-order valence-electron chi connectivity index (χ2n) is 5.86. The number of aromatic nitrogens is 2. The van der Waals surface area contributed by atoms with Crippen molar-refractivity contribution in [1.29, 1.82) is 0 Å². The minimum Gasteiger partial charge on any atom is -0.394 e. The highest BCUT2D eigenvalue weighted by atomic mass is 16.3. The zero-order valence-corrected chi connectivity index (χ0v) is 11.8. The van der Waals surface area contributed by atoms with Crippen LogP contribution in [0.5, 0.6) is 0 Å². The number of carbonyl (C=O) groups is 1. The van der Waals surface area contributed by atoms with Gasteiger partial charge in [-0.15, -0.1) is 0 Å². The molecular formula is C15H19N3O2. The summed E-state index contributed by atoms with van der Waals surface area (Å²) in [5, 5.41) is 17.5. The number of hydrogen-bond donors (Lipinski definition) is 2. The number of amides is 1. The van der Waals surface area contributed by atoms with Crippen LogP contribution in [0.4, 0.5) is 0 Å². The average Bonchev–Trinajstić information content (AvgIpc) is 3.03. The van der Waals surface area contributed by atoms with Crippen molar-refractivity contribution < 1.29 is 9.90 Å². The number of hydrogen-bond acceptors (Lipinski definition) is 3. The molecule has 3 rings (SSSR count). The Morgan fingerprint density at radius 3 is 3.10 bits per heavy atom. The Kier molecular flexibility index (Phi) is 3.01. The summed E-state index contributed by atoms with van der Waals surface area (Å²) in [5.41, 5.74) is 1.99. The fraction of sp³-hybridized carbons (Fsp3) is 0.467. The number of aliphatic hydroxyl groups excluding tert-OH is 1. The van der Waals surface area contributed by atoms with Gasteiger partial charge in [0.15, 0.2) is 0 Å². The lowest BCUT2D eigenvalue weighted by molar-refractivity contribution is 0.0474. The third kappa shape index (κ3) is 1.89. The highest BCUT2D eigenvalue weighted by Crippen LogP contribution is 2.31. The van der Waals surface area contributed by atoms with Crippen molar-refractivity contribution in [3.05, 3.63) is 29.5 Å². The molecule has 0 bridgehead atoms. The van der Waals surface area contributed by atoms with Gasteiger partial charge in [-0.3, -0.25) is 9.89 Å². The van der Waals surface area contributed by atoms with E-state index in [1.165, 1.54) is 0 Å². The quantitative estimate of drug-likeness (QED) is 0.877. The van der Waals surface area contributed by atoms with E-state index in [1.54, 1.807) is 11.1 Å². The molecule has 5 nitrogen and oxygen atoms in total. The summed E-state index contributed by atoms with van der Waals surface area (Å²) in [7, 11) is 0. The molecule has 1 aromatic heterocycles. The number of benzene rings is 1. The molecule has 2 N–H and O–H groups in total.